The van der Waals surface area contributed by atoms with Crippen LogP contribution in [0.1, 0.15) is 28.4 Å². The number of hydrogen-bond acceptors (Lipinski definition) is 5. The van der Waals surface area contributed by atoms with Crippen molar-refractivity contribution >= 4 is 17.8 Å². The Kier molecular flexibility index (Phi) is 6.06. The van der Waals surface area contributed by atoms with Gasteiger partial charge in [-0.25, -0.2) is 4.79 Å². The first-order chi connectivity index (χ1) is 12.4. The Labute approximate surface area is 149 Å². The minimum Gasteiger partial charge on any atom is -0.480 e. The van der Waals surface area contributed by atoms with Crippen LogP contribution in [0.25, 0.3) is 0 Å². The average molecular weight is 352 g/mol. The summed E-state index contributed by atoms with van der Waals surface area (Å²) in [5, 5.41) is 20.6. The summed E-state index contributed by atoms with van der Waals surface area (Å²) in [6, 6.07) is 13.2. The van der Waals surface area contributed by atoms with Crippen LogP contribution in [-0.4, -0.2) is 29.0 Å². The Balaban J connectivity index is 2.11. The molecule has 0 saturated carbocycles. The molecule has 0 heterocycles. The molecule has 0 unspecified atom stereocenters. The van der Waals surface area contributed by atoms with E-state index in [0.29, 0.717) is 11.1 Å². The lowest BCUT2D eigenvalue weighted by Gasteiger charge is -2.15. The van der Waals surface area contributed by atoms with Crippen molar-refractivity contribution in [2.45, 2.75) is 19.4 Å². The molecular formula is C19H16N2O5. The van der Waals surface area contributed by atoms with Crippen LogP contribution < -0.4 is 10.1 Å². The molecule has 0 fully saturated rings. The number of benzene rings is 2. The standard InChI is InChI=1S/C19H16N2O5/c1-12(22)26-16-4-2-3-15(10-16)18(23)21-17(19(24)25)9-13-5-7-14(11-20)8-6-13/h2-8,10,17H,9H2,1H3,(H,21,23)(H,24,25)/t17-/m0/s1. The van der Waals surface area contributed by atoms with Gasteiger partial charge in [-0.3, -0.25) is 9.59 Å². The molecule has 0 spiro atoms. The fourth-order valence-corrected chi connectivity index (χ4v) is 2.26. The summed E-state index contributed by atoms with van der Waals surface area (Å²) in [6.45, 7) is 1.24. The number of esters is 1. The molecule has 2 aromatic rings. The van der Waals surface area contributed by atoms with Crippen LogP contribution >= 0.6 is 0 Å². The number of rotatable bonds is 6. The number of nitriles is 1. The molecule has 1 amide bonds. The fraction of sp³-hybridized carbons (Fsp3) is 0.158. The molecule has 2 aromatic carbocycles. The molecule has 2 rings (SSSR count). The van der Waals surface area contributed by atoms with Crippen molar-refractivity contribution in [3.8, 4) is 11.8 Å². The first-order valence-corrected chi connectivity index (χ1v) is 7.70. The molecule has 0 aromatic heterocycles. The number of carboxylic acid groups (broad SMARTS) is 1. The van der Waals surface area contributed by atoms with E-state index in [1.165, 1.54) is 31.2 Å². The maximum Gasteiger partial charge on any atom is 0.326 e. The highest BCUT2D eigenvalue weighted by atomic mass is 16.5. The van der Waals surface area contributed by atoms with Crippen LogP contribution in [0, 0.1) is 11.3 Å². The second kappa shape index (κ2) is 8.44. The van der Waals surface area contributed by atoms with Crippen molar-refractivity contribution in [3.05, 3.63) is 65.2 Å². The Morgan fingerprint density at radius 3 is 2.46 bits per heavy atom. The highest BCUT2D eigenvalue weighted by molar-refractivity contribution is 5.97. The Morgan fingerprint density at radius 2 is 1.88 bits per heavy atom. The molecule has 26 heavy (non-hydrogen) atoms. The first kappa shape index (κ1) is 18.7. The highest BCUT2D eigenvalue weighted by Gasteiger charge is 2.21. The molecule has 132 valence electrons. The molecule has 7 heteroatoms. The zero-order valence-electron chi connectivity index (χ0n) is 13.9. The Bertz CT molecular complexity index is 868. The first-order valence-electron chi connectivity index (χ1n) is 7.70. The maximum absolute atomic E-state index is 12.3. The van der Waals surface area contributed by atoms with E-state index in [9.17, 15) is 19.5 Å². The second-order valence-electron chi connectivity index (χ2n) is 5.50. The van der Waals surface area contributed by atoms with Gasteiger partial charge in [-0.05, 0) is 35.9 Å². The van der Waals surface area contributed by atoms with E-state index < -0.39 is 23.9 Å². The molecule has 1 atom stereocenters. The summed E-state index contributed by atoms with van der Waals surface area (Å²) in [7, 11) is 0. The fourth-order valence-electron chi connectivity index (χ4n) is 2.26. The van der Waals surface area contributed by atoms with Crippen molar-refractivity contribution in [3.63, 3.8) is 0 Å². The molecule has 0 radical (unpaired) electrons. The lowest BCUT2D eigenvalue weighted by atomic mass is 10.0. The van der Waals surface area contributed by atoms with Crippen LogP contribution in [-0.2, 0) is 16.0 Å². The van der Waals surface area contributed by atoms with Crippen molar-refractivity contribution in [2.24, 2.45) is 0 Å². The van der Waals surface area contributed by atoms with Crippen LogP contribution in [0.4, 0.5) is 0 Å². The predicted octanol–water partition coefficient (Wildman–Crippen LogP) is 1.91. The monoisotopic (exact) mass is 352 g/mol. The number of nitrogens with zero attached hydrogens (tertiary/aromatic N) is 1. The van der Waals surface area contributed by atoms with E-state index in [2.05, 4.69) is 5.32 Å². The number of carbonyl (C=O) groups is 3. The molecular weight excluding hydrogens is 336 g/mol. The van der Waals surface area contributed by atoms with Gasteiger partial charge >= 0.3 is 11.9 Å². The van der Waals surface area contributed by atoms with Gasteiger partial charge in [0.1, 0.15) is 11.8 Å². The lowest BCUT2D eigenvalue weighted by Crippen LogP contribution is -2.42. The van der Waals surface area contributed by atoms with Gasteiger partial charge < -0.3 is 15.2 Å². The smallest absolute Gasteiger partial charge is 0.326 e. The number of amides is 1. The van der Waals surface area contributed by atoms with E-state index >= 15 is 0 Å². The topological polar surface area (TPSA) is 116 Å². The summed E-state index contributed by atoms with van der Waals surface area (Å²) in [4.78, 5) is 34.8. The van der Waals surface area contributed by atoms with Crippen molar-refractivity contribution in [1.82, 2.24) is 5.32 Å². The zero-order valence-corrected chi connectivity index (χ0v) is 13.9. The van der Waals surface area contributed by atoms with Crippen LogP contribution in [0.2, 0.25) is 0 Å². The van der Waals surface area contributed by atoms with Crippen molar-refractivity contribution in [1.29, 1.82) is 5.26 Å². The highest BCUT2D eigenvalue weighted by Crippen LogP contribution is 2.14. The van der Waals surface area contributed by atoms with Gasteiger partial charge in [0.15, 0.2) is 0 Å². The minimum atomic E-state index is -1.18. The van der Waals surface area contributed by atoms with Crippen molar-refractivity contribution < 1.29 is 24.2 Å². The van der Waals surface area contributed by atoms with Gasteiger partial charge in [-0.1, -0.05) is 18.2 Å². The summed E-state index contributed by atoms with van der Waals surface area (Å²) < 4.78 is 4.91. The van der Waals surface area contributed by atoms with E-state index in [0.717, 1.165) is 0 Å². The molecule has 0 saturated heterocycles. The third kappa shape index (κ3) is 5.18. The van der Waals surface area contributed by atoms with Gasteiger partial charge in [-0.2, -0.15) is 5.26 Å². The summed E-state index contributed by atoms with van der Waals surface area (Å²) in [5.41, 5.74) is 1.31. The third-order valence-corrected chi connectivity index (χ3v) is 3.48. The van der Waals surface area contributed by atoms with Crippen LogP contribution in [0.3, 0.4) is 0 Å². The van der Waals surface area contributed by atoms with Crippen LogP contribution in [0.15, 0.2) is 48.5 Å². The summed E-state index contributed by atoms with van der Waals surface area (Å²) >= 11 is 0. The molecule has 0 aliphatic carbocycles. The van der Waals surface area contributed by atoms with Gasteiger partial charge in [0, 0.05) is 18.9 Å². The van der Waals surface area contributed by atoms with E-state index in [1.807, 2.05) is 6.07 Å². The van der Waals surface area contributed by atoms with E-state index in [-0.39, 0.29) is 17.7 Å². The van der Waals surface area contributed by atoms with Crippen LogP contribution in [0.5, 0.6) is 5.75 Å². The Morgan fingerprint density at radius 1 is 1.19 bits per heavy atom. The lowest BCUT2D eigenvalue weighted by molar-refractivity contribution is -0.139. The number of aliphatic carboxylic acids is 1. The zero-order chi connectivity index (χ0) is 19.1. The number of carbonyl (C=O) groups excluding carboxylic acids is 2. The number of ether oxygens (including phenoxy) is 1. The van der Waals surface area contributed by atoms with E-state index in [4.69, 9.17) is 10.00 Å². The largest absolute Gasteiger partial charge is 0.480 e. The summed E-state index contributed by atoms with van der Waals surface area (Å²) in [6.07, 6.45) is 0.0659. The average Bonchev–Trinajstić information content (AvgIpc) is 2.61. The Hall–Kier alpha value is -3.66. The van der Waals surface area contributed by atoms with E-state index in [1.54, 1.807) is 24.3 Å². The normalized spacial score (nSPS) is 11.1. The molecule has 7 nitrogen and oxygen atoms in total. The third-order valence-electron chi connectivity index (χ3n) is 3.48. The molecule has 2 N–H and O–H groups in total. The SMILES string of the molecule is CC(=O)Oc1cccc(C(=O)N[C@@H](Cc2ccc(C#N)cc2)C(=O)O)c1. The number of carboxylic acids is 1. The molecule has 0 bridgehead atoms. The summed E-state index contributed by atoms with van der Waals surface area (Å²) in [5.74, 6) is -2.10. The van der Waals surface area contributed by atoms with Gasteiger partial charge in [0.25, 0.3) is 5.91 Å². The quantitative estimate of drug-likeness (QED) is 0.606. The number of hydrogen-bond donors (Lipinski definition) is 2. The van der Waals surface area contributed by atoms with Gasteiger partial charge in [-0.15, -0.1) is 0 Å². The van der Waals surface area contributed by atoms with Gasteiger partial charge in [0.2, 0.25) is 0 Å². The molecule has 0 aliphatic heterocycles. The minimum absolute atomic E-state index is 0.0659. The maximum atomic E-state index is 12.3. The predicted molar refractivity (Wildman–Crippen MR) is 91.5 cm³/mol. The van der Waals surface area contributed by atoms with Gasteiger partial charge in [0.05, 0.1) is 11.6 Å². The molecule has 0 aliphatic rings. The second-order valence-corrected chi connectivity index (χ2v) is 5.50. The number of nitrogens with one attached hydrogen (secondary N) is 1. The van der Waals surface area contributed by atoms with Crippen molar-refractivity contribution in [2.75, 3.05) is 0 Å².